The molecule has 0 fully saturated rings. The summed E-state index contributed by atoms with van der Waals surface area (Å²) in [7, 11) is 3.91. The first-order chi connectivity index (χ1) is 14.5. The van der Waals surface area contributed by atoms with E-state index in [0.717, 1.165) is 10.6 Å². The van der Waals surface area contributed by atoms with Crippen molar-refractivity contribution in [2.45, 2.75) is 0 Å². The predicted molar refractivity (Wildman–Crippen MR) is 122 cm³/mol. The maximum Gasteiger partial charge on any atom is 0.282 e. The summed E-state index contributed by atoms with van der Waals surface area (Å²) in [5.74, 6) is -0.852. The van der Waals surface area contributed by atoms with Gasteiger partial charge in [-0.3, -0.25) is 9.59 Å². The lowest BCUT2D eigenvalue weighted by molar-refractivity contribution is -0.120. The Bertz CT molecular complexity index is 1140. The minimum atomic E-state index is -0.441. The van der Waals surface area contributed by atoms with E-state index in [9.17, 15) is 9.59 Å². The molecule has 3 aromatic rings. The molecule has 0 atom stereocenters. The SMILES string of the molecule is CN(C)c1ccc(NC2=C(c3ccccc3)C(=O)N(c3ccccc3Cl)C2=O)cc1. The second kappa shape index (κ2) is 8.05. The van der Waals surface area contributed by atoms with Gasteiger partial charge in [-0.1, -0.05) is 54.1 Å². The van der Waals surface area contributed by atoms with Gasteiger partial charge in [-0.15, -0.1) is 0 Å². The smallest absolute Gasteiger partial charge is 0.282 e. The molecular formula is C24H20ClN3O2. The van der Waals surface area contributed by atoms with Crippen LogP contribution in [0.25, 0.3) is 5.57 Å². The Hall–Kier alpha value is -3.57. The molecule has 4 rings (SSSR count). The number of nitrogens with one attached hydrogen (secondary N) is 1. The molecule has 1 heterocycles. The average Bonchev–Trinajstić information content (AvgIpc) is 2.99. The molecule has 0 bridgehead atoms. The van der Waals surface area contributed by atoms with Crippen molar-refractivity contribution in [3.63, 3.8) is 0 Å². The second-order valence-electron chi connectivity index (χ2n) is 7.08. The Morgan fingerprint density at radius 3 is 2.07 bits per heavy atom. The van der Waals surface area contributed by atoms with Crippen molar-refractivity contribution in [3.8, 4) is 0 Å². The molecule has 0 saturated carbocycles. The minimum absolute atomic E-state index is 0.226. The van der Waals surface area contributed by atoms with E-state index < -0.39 is 11.8 Å². The number of carbonyl (C=O) groups excluding carboxylic acids is 2. The van der Waals surface area contributed by atoms with Gasteiger partial charge in [0.25, 0.3) is 11.8 Å². The number of amides is 2. The van der Waals surface area contributed by atoms with Gasteiger partial charge in [0, 0.05) is 25.5 Å². The largest absolute Gasteiger partial charge is 0.378 e. The molecule has 150 valence electrons. The van der Waals surface area contributed by atoms with Crippen LogP contribution >= 0.6 is 11.6 Å². The first-order valence-electron chi connectivity index (χ1n) is 9.45. The van der Waals surface area contributed by atoms with Crippen LogP contribution in [0.4, 0.5) is 17.1 Å². The fraction of sp³-hybridized carbons (Fsp3) is 0.0833. The highest BCUT2D eigenvalue weighted by Crippen LogP contribution is 2.36. The second-order valence-corrected chi connectivity index (χ2v) is 7.49. The van der Waals surface area contributed by atoms with Crippen molar-refractivity contribution in [3.05, 3.63) is 95.1 Å². The van der Waals surface area contributed by atoms with Gasteiger partial charge >= 0.3 is 0 Å². The van der Waals surface area contributed by atoms with E-state index in [2.05, 4.69) is 5.32 Å². The zero-order chi connectivity index (χ0) is 21.3. The molecule has 2 amide bonds. The number of halogens is 1. The van der Waals surface area contributed by atoms with Crippen LogP contribution in [-0.4, -0.2) is 25.9 Å². The fourth-order valence-corrected chi connectivity index (χ4v) is 3.58. The summed E-state index contributed by atoms with van der Waals surface area (Å²) in [4.78, 5) is 29.8. The monoisotopic (exact) mass is 417 g/mol. The van der Waals surface area contributed by atoms with Crippen LogP contribution in [0, 0.1) is 0 Å². The zero-order valence-electron chi connectivity index (χ0n) is 16.6. The van der Waals surface area contributed by atoms with Crippen LogP contribution < -0.4 is 15.1 Å². The quantitative estimate of drug-likeness (QED) is 0.606. The molecular weight excluding hydrogens is 398 g/mol. The summed E-state index contributed by atoms with van der Waals surface area (Å²) in [6.45, 7) is 0. The number of rotatable bonds is 5. The summed E-state index contributed by atoms with van der Waals surface area (Å²) in [5, 5.41) is 3.50. The van der Waals surface area contributed by atoms with Crippen LogP contribution in [0.3, 0.4) is 0 Å². The highest BCUT2D eigenvalue weighted by atomic mass is 35.5. The summed E-state index contributed by atoms with van der Waals surface area (Å²) >= 11 is 6.29. The maximum absolute atomic E-state index is 13.4. The molecule has 30 heavy (non-hydrogen) atoms. The van der Waals surface area contributed by atoms with Gasteiger partial charge in [0.2, 0.25) is 0 Å². The van der Waals surface area contributed by atoms with Gasteiger partial charge in [-0.25, -0.2) is 4.90 Å². The molecule has 5 nitrogen and oxygen atoms in total. The van der Waals surface area contributed by atoms with E-state index in [1.165, 1.54) is 0 Å². The van der Waals surface area contributed by atoms with E-state index in [-0.39, 0.29) is 5.70 Å². The number of hydrogen-bond donors (Lipinski definition) is 1. The van der Waals surface area contributed by atoms with Crippen molar-refractivity contribution >= 4 is 46.1 Å². The molecule has 0 unspecified atom stereocenters. The standard InChI is InChI=1S/C24H20ClN3O2/c1-27(2)18-14-12-17(13-15-18)26-22-21(16-8-4-3-5-9-16)23(29)28(24(22)30)20-11-7-6-10-19(20)25/h3-15,26H,1-2H3. The first-order valence-corrected chi connectivity index (χ1v) is 9.82. The Labute approximate surface area is 180 Å². The summed E-state index contributed by atoms with van der Waals surface area (Å²) < 4.78 is 0. The normalized spacial score (nSPS) is 13.8. The van der Waals surface area contributed by atoms with Crippen molar-refractivity contribution in [2.24, 2.45) is 0 Å². The third kappa shape index (κ3) is 3.55. The molecule has 1 N–H and O–H groups in total. The van der Waals surface area contributed by atoms with Crippen LogP contribution in [0.1, 0.15) is 5.56 Å². The molecule has 6 heteroatoms. The minimum Gasteiger partial charge on any atom is -0.378 e. The lowest BCUT2D eigenvalue weighted by Gasteiger charge is -2.17. The lowest BCUT2D eigenvalue weighted by atomic mass is 10.0. The van der Waals surface area contributed by atoms with Crippen molar-refractivity contribution in [1.82, 2.24) is 0 Å². The first kappa shape index (κ1) is 19.7. The third-order valence-corrected chi connectivity index (χ3v) is 5.21. The molecule has 1 aliphatic rings. The highest BCUT2D eigenvalue weighted by molar-refractivity contribution is 6.48. The van der Waals surface area contributed by atoms with Crippen molar-refractivity contribution < 1.29 is 9.59 Å². The molecule has 0 saturated heterocycles. The van der Waals surface area contributed by atoms with E-state index in [1.54, 1.807) is 24.3 Å². The van der Waals surface area contributed by atoms with E-state index in [4.69, 9.17) is 11.6 Å². The number of hydrogen-bond acceptors (Lipinski definition) is 4. The third-order valence-electron chi connectivity index (χ3n) is 4.89. The Kier molecular flexibility index (Phi) is 5.29. The zero-order valence-corrected chi connectivity index (χ0v) is 17.4. The summed E-state index contributed by atoms with van der Waals surface area (Å²) in [6.07, 6.45) is 0. The molecule has 0 radical (unpaired) electrons. The van der Waals surface area contributed by atoms with E-state index >= 15 is 0 Å². The number of nitrogens with zero attached hydrogens (tertiary/aromatic N) is 2. The van der Waals surface area contributed by atoms with Gasteiger partial charge in [0.15, 0.2) is 0 Å². The lowest BCUT2D eigenvalue weighted by Crippen LogP contribution is -2.32. The number of carbonyl (C=O) groups is 2. The highest BCUT2D eigenvalue weighted by Gasteiger charge is 2.40. The molecule has 0 aromatic heterocycles. The van der Waals surface area contributed by atoms with Gasteiger partial charge in [-0.2, -0.15) is 0 Å². The predicted octanol–water partition coefficient (Wildman–Crippen LogP) is 4.80. The van der Waals surface area contributed by atoms with Crippen molar-refractivity contribution in [2.75, 3.05) is 29.2 Å². The Morgan fingerprint density at radius 1 is 0.800 bits per heavy atom. The number of benzene rings is 3. The average molecular weight is 418 g/mol. The van der Waals surface area contributed by atoms with Gasteiger partial charge in [0.05, 0.1) is 16.3 Å². The number of para-hydroxylation sites is 1. The van der Waals surface area contributed by atoms with Crippen LogP contribution in [0.15, 0.2) is 84.6 Å². The molecule has 3 aromatic carbocycles. The maximum atomic E-state index is 13.4. The van der Waals surface area contributed by atoms with E-state index in [1.807, 2.05) is 73.6 Å². The fourth-order valence-electron chi connectivity index (χ4n) is 3.36. The number of anilines is 3. The van der Waals surface area contributed by atoms with Gasteiger partial charge in [0.1, 0.15) is 5.70 Å². The Morgan fingerprint density at radius 2 is 1.43 bits per heavy atom. The molecule has 1 aliphatic heterocycles. The van der Waals surface area contributed by atoms with Crippen LogP contribution in [0.2, 0.25) is 5.02 Å². The van der Waals surface area contributed by atoms with E-state index in [0.29, 0.717) is 27.5 Å². The Balaban J connectivity index is 1.78. The van der Waals surface area contributed by atoms with Gasteiger partial charge in [-0.05, 0) is 42.0 Å². The van der Waals surface area contributed by atoms with Crippen LogP contribution in [-0.2, 0) is 9.59 Å². The number of imide groups is 1. The van der Waals surface area contributed by atoms with Crippen molar-refractivity contribution in [1.29, 1.82) is 0 Å². The molecule has 0 aliphatic carbocycles. The summed E-state index contributed by atoms with van der Waals surface area (Å²) in [6, 6.07) is 23.6. The van der Waals surface area contributed by atoms with Gasteiger partial charge < -0.3 is 10.2 Å². The topological polar surface area (TPSA) is 52.7 Å². The molecule has 0 spiro atoms. The van der Waals surface area contributed by atoms with Crippen LogP contribution in [0.5, 0.6) is 0 Å². The summed E-state index contributed by atoms with van der Waals surface area (Å²) in [5.41, 5.74) is 3.32.